The van der Waals surface area contributed by atoms with E-state index in [-0.39, 0.29) is 0 Å². The van der Waals surface area contributed by atoms with E-state index >= 15 is 0 Å². The highest BCUT2D eigenvalue weighted by atomic mass is 35.5. The molecule has 2 aromatic rings. The van der Waals surface area contributed by atoms with Gasteiger partial charge in [-0.15, -0.1) is 0 Å². The first-order valence-electron chi connectivity index (χ1n) is 9.75. The van der Waals surface area contributed by atoms with E-state index in [1.807, 2.05) is 12.1 Å². The molecule has 0 unspecified atom stereocenters. The van der Waals surface area contributed by atoms with Gasteiger partial charge in [-0.25, -0.2) is 0 Å². The van der Waals surface area contributed by atoms with Crippen LogP contribution in [0.5, 0.6) is 0 Å². The van der Waals surface area contributed by atoms with Crippen LogP contribution in [-0.4, -0.2) is 40.9 Å². The van der Waals surface area contributed by atoms with Crippen LogP contribution in [0.1, 0.15) is 41.8 Å². The van der Waals surface area contributed by atoms with E-state index in [1.165, 1.54) is 68.0 Å². The van der Waals surface area contributed by atoms with Gasteiger partial charge in [0.25, 0.3) is 0 Å². The third-order valence-electron chi connectivity index (χ3n) is 6.34. The van der Waals surface area contributed by atoms with Crippen molar-refractivity contribution in [2.75, 3.05) is 26.2 Å². The van der Waals surface area contributed by atoms with Crippen LogP contribution >= 0.6 is 11.6 Å². The normalized spacial score (nSPS) is 20.1. The van der Waals surface area contributed by atoms with E-state index in [4.69, 9.17) is 16.7 Å². The van der Waals surface area contributed by atoms with Gasteiger partial charge in [-0.3, -0.25) is 9.58 Å². The number of hydrogen-bond donors (Lipinski definition) is 1. The fourth-order valence-electron chi connectivity index (χ4n) is 4.63. The fraction of sp³-hybridized carbons (Fsp3) is 0.571. The maximum atomic E-state index is 6.00. The van der Waals surface area contributed by atoms with E-state index in [9.17, 15) is 0 Å². The Hall–Kier alpha value is -1.36. The van der Waals surface area contributed by atoms with Crippen LogP contribution in [0.2, 0.25) is 5.02 Å². The van der Waals surface area contributed by atoms with Gasteiger partial charge in [0.15, 0.2) is 0 Å². The molecule has 1 aromatic heterocycles. The Bertz CT molecular complexity index is 759. The van der Waals surface area contributed by atoms with Gasteiger partial charge in [0, 0.05) is 29.4 Å². The molecule has 2 aliphatic heterocycles. The summed E-state index contributed by atoms with van der Waals surface area (Å²) in [7, 11) is 0. The maximum absolute atomic E-state index is 6.00. The Morgan fingerprint density at radius 3 is 2.54 bits per heavy atom. The number of aryl methyl sites for hydroxylation is 1. The number of nitrogens with zero attached hydrogens (tertiary/aromatic N) is 3. The Morgan fingerprint density at radius 1 is 1.08 bits per heavy atom. The molecule has 4 nitrogen and oxygen atoms in total. The minimum Gasteiger partial charge on any atom is -0.317 e. The zero-order valence-electron chi connectivity index (χ0n) is 15.9. The Kier molecular flexibility index (Phi) is 5.09. The van der Waals surface area contributed by atoms with Crippen LogP contribution < -0.4 is 5.32 Å². The zero-order valence-corrected chi connectivity index (χ0v) is 16.6. The Balaban J connectivity index is 1.46. The molecular formula is C21H29ClN4. The summed E-state index contributed by atoms with van der Waals surface area (Å²) in [6.07, 6.45) is 4.01. The summed E-state index contributed by atoms with van der Waals surface area (Å²) in [4.78, 5) is 2.65. The third-order valence-corrected chi connectivity index (χ3v) is 6.59. The first kappa shape index (κ1) is 18.0. The molecule has 2 aliphatic rings. The van der Waals surface area contributed by atoms with Crippen molar-refractivity contribution in [2.45, 2.75) is 46.2 Å². The molecule has 0 aliphatic carbocycles. The summed E-state index contributed by atoms with van der Waals surface area (Å²) in [6, 6.07) is 8.07. The van der Waals surface area contributed by atoms with E-state index in [0.717, 1.165) is 18.1 Å². The molecule has 0 atom stereocenters. The largest absolute Gasteiger partial charge is 0.317 e. The van der Waals surface area contributed by atoms with E-state index in [0.29, 0.717) is 5.41 Å². The lowest BCUT2D eigenvalue weighted by molar-refractivity contribution is 0.193. The van der Waals surface area contributed by atoms with Crippen molar-refractivity contribution in [1.82, 2.24) is 20.0 Å². The van der Waals surface area contributed by atoms with Crippen molar-refractivity contribution < 1.29 is 0 Å². The van der Waals surface area contributed by atoms with Crippen LogP contribution in [0.25, 0.3) is 0 Å². The molecule has 2 fully saturated rings. The Labute approximate surface area is 161 Å². The molecule has 1 N–H and O–H groups in total. The van der Waals surface area contributed by atoms with Crippen molar-refractivity contribution in [1.29, 1.82) is 0 Å². The van der Waals surface area contributed by atoms with Crippen molar-refractivity contribution in [3.8, 4) is 0 Å². The van der Waals surface area contributed by atoms with Gasteiger partial charge in [-0.05, 0) is 75.9 Å². The number of piperidine rings is 1. The van der Waals surface area contributed by atoms with Crippen molar-refractivity contribution in [3.05, 3.63) is 51.8 Å². The third kappa shape index (κ3) is 3.68. The predicted molar refractivity (Wildman–Crippen MR) is 107 cm³/mol. The zero-order chi connectivity index (χ0) is 18.1. The first-order chi connectivity index (χ1) is 12.5. The van der Waals surface area contributed by atoms with Crippen LogP contribution in [0.15, 0.2) is 24.3 Å². The van der Waals surface area contributed by atoms with Gasteiger partial charge in [-0.1, -0.05) is 23.7 Å². The predicted octanol–water partition coefficient (Wildman–Crippen LogP) is 3.78. The minimum atomic E-state index is 0.562. The van der Waals surface area contributed by atoms with Gasteiger partial charge in [-0.2, -0.15) is 5.10 Å². The van der Waals surface area contributed by atoms with Gasteiger partial charge in [0.05, 0.1) is 12.2 Å². The summed E-state index contributed by atoms with van der Waals surface area (Å²) in [5.74, 6) is 0. The smallest absolute Gasteiger partial charge is 0.0662 e. The lowest BCUT2D eigenvalue weighted by atomic mass is 9.78. The average Bonchev–Trinajstić information content (AvgIpc) is 3.14. The van der Waals surface area contributed by atoms with Crippen molar-refractivity contribution >= 4 is 11.6 Å². The Morgan fingerprint density at radius 2 is 1.81 bits per heavy atom. The van der Waals surface area contributed by atoms with Gasteiger partial charge >= 0.3 is 0 Å². The summed E-state index contributed by atoms with van der Waals surface area (Å²) in [5, 5.41) is 9.11. The lowest BCUT2D eigenvalue weighted by Crippen LogP contribution is -2.38. The van der Waals surface area contributed by atoms with Crippen LogP contribution in [0.3, 0.4) is 0 Å². The van der Waals surface area contributed by atoms with E-state index < -0.39 is 0 Å². The fourth-order valence-corrected chi connectivity index (χ4v) is 4.76. The first-order valence-corrected chi connectivity index (χ1v) is 10.1. The van der Waals surface area contributed by atoms with Gasteiger partial charge in [0.1, 0.15) is 0 Å². The standard InChI is InChI=1S/C21H29ClN4/c1-16-20(14-25-12-9-21(15-25)7-10-23-11-8-21)17(2)26(24-16)13-18-3-5-19(22)6-4-18/h3-6,23H,7-15H2,1-2H3. The number of nitrogens with one attached hydrogen (secondary N) is 1. The highest BCUT2D eigenvalue weighted by Gasteiger charge is 2.38. The molecule has 3 heterocycles. The molecular weight excluding hydrogens is 344 g/mol. The van der Waals surface area contributed by atoms with E-state index in [1.54, 1.807) is 0 Å². The van der Waals surface area contributed by atoms with Crippen LogP contribution in [0, 0.1) is 19.3 Å². The van der Waals surface area contributed by atoms with E-state index in [2.05, 4.69) is 40.9 Å². The molecule has 140 valence electrons. The maximum Gasteiger partial charge on any atom is 0.0662 e. The summed E-state index contributed by atoms with van der Waals surface area (Å²) >= 11 is 6.00. The lowest BCUT2D eigenvalue weighted by Gasteiger charge is -2.34. The van der Waals surface area contributed by atoms with Crippen molar-refractivity contribution in [3.63, 3.8) is 0 Å². The number of rotatable bonds is 4. The molecule has 4 rings (SSSR count). The molecule has 0 bridgehead atoms. The molecule has 0 radical (unpaired) electrons. The monoisotopic (exact) mass is 372 g/mol. The average molecular weight is 373 g/mol. The van der Waals surface area contributed by atoms with Crippen LogP contribution in [-0.2, 0) is 13.1 Å². The second kappa shape index (κ2) is 7.34. The molecule has 1 aromatic carbocycles. The highest BCUT2D eigenvalue weighted by molar-refractivity contribution is 6.30. The number of halogens is 1. The topological polar surface area (TPSA) is 33.1 Å². The second-order valence-electron chi connectivity index (χ2n) is 8.14. The second-order valence-corrected chi connectivity index (χ2v) is 8.58. The highest BCUT2D eigenvalue weighted by Crippen LogP contribution is 2.39. The quantitative estimate of drug-likeness (QED) is 0.886. The molecule has 26 heavy (non-hydrogen) atoms. The molecule has 0 amide bonds. The summed E-state index contributed by atoms with van der Waals surface area (Å²) in [5.41, 5.74) is 5.67. The molecule has 5 heteroatoms. The SMILES string of the molecule is Cc1nn(Cc2ccc(Cl)cc2)c(C)c1CN1CCC2(CCNCC2)C1. The van der Waals surface area contributed by atoms with Gasteiger partial charge in [0.2, 0.25) is 0 Å². The minimum absolute atomic E-state index is 0.562. The van der Waals surface area contributed by atoms with Crippen LogP contribution in [0.4, 0.5) is 0 Å². The molecule has 2 saturated heterocycles. The van der Waals surface area contributed by atoms with Crippen molar-refractivity contribution in [2.24, 2.45) is 5.41 Å². The molecule has 1 spiro atoms. The number of likely N-dealkylation sites (tertiary alicyclic amines) is 1. The summed E-state index contributed by atoms with van der Waals surface area (Å²) < 4.78 is 2.14. The van der Waals surface area contributed by atoms with Gasteiger partial charge < -0.3 is 5.32 Å². The number of benzene rings is 1. The molecule has 0 saturated carbocycles. The summed E-state index contributed by atoms with van der Waals surface area (Å²) in [6.45, 7) is 11.0. The number of hydrogen-bond acceptors (Lipinski definition) is 3. The number of aromatic nitrogens is 2.